The van der Waals surface area contributed by atoms with E-state index in [4.69, 9.17) is 0 Å². The molecule has 1 unspecified atom stereocenters. The Morgan fingerprint density at radius 1 is 1.35 bits per heavy atom. The van der Waals surface area contributed by atoms with Crippen LogP contribution >= 0.6 is 0 Å². The molecule has 0 bridgehead atoms. The first-order valence-corrected chi connectivity index (χ1v) is 7.30. The van der Waals surface area contributed by atoms with E-state index in [0.717, 1.165) is 18.2 Å². The van der Waals surface area contributed by atoms with Crippen molar-refractivity contribution in [2.24, 2.45) is 0 Å². The molecule has 0 saturated heterocycles. The maximum absolute atomic E-state index is 13.2. The van der Waals surface area contributed by atoms with Crippen molar-refractivity contribution < 1.29 is 30.8 Å². The molecule has 0 amide bonds. The Bertz CT molecular complexity index is 600. The van der Waals surface area contributed by atoms with Gasteiger partial charge < -0.3 is 0 Å². The molecular formula is C11H11F4NO3S. The third-order valence-electron chi connectivity index (χ3n) is 2.82. The number of sulfone groups is 1. The topological polar surface area (TPSA) is 55.4 Å². The fraction of sp³-hybridized carbons (Fsp3) is 0.455. The van der Waals surface area contributed by atoms with E-state index < -0.39 is 34.5 Å². The molecule has 1 aliphatic heterocycles. The molecule has 20 heavy (non-hydrogen) atoms. The molecule has 0 saturated carbocycles. The third-order valence-corrected chi connectivity index (χ3v) is 4.63. The van der Waals surface area contributed by atoms with Gasteiger partial charge in [-0.1, -0.05) is 0 Å². The molecule has 1 aromatic rings. The summed E-state index contributed by atoms with van der Waals surface area (Å²) in [6.07, 6.45) is -4.49. The molecule has 1 heterocycles. The highest BCUT2D eigenvalue weighted by Crippen LogP contribution is 2.32. The molecule has 0 spiro atoms. The lowest BCUT2D eigenvalue weighted by Gasteiger charge is -2.26. The number of hydrogen-bond donors (Lipinski definition) is 1. The minimum atomic E-state index is -4.50. The van der Waals surface area contributed by atoms with Gasteiger partial charge in [0, 0.05) is 0 Å². The van der Waals surface area contributed by atoms with Crippen molar-refractivity contribution in [3.8, 4) is 0 Å². The smallest absolute Gasteiger partial charge is 0.292 e. The van der Waals surface area contributed by atoms with Crippen LogP contribution in [-0.2, 0) is 14.7 Å². The van der Waals surface area contributed by atoms with E-state index in [2.05, 4.69) is 10.3 Å². The number of rotatable bonds is 3. The minimum absolute atomic E-state index is 0.0106. The van der Waals surface area contributed by atoms with Crippen molar-refractivity contribution in [3.63, 3.8) is 0 Å². The maximum atomic E-state index is 13.2. The maximum Gasteiger partial charge on any atom is 0.413 e. The Hall–Kier alpha value is -1.19. The standard InChI is InChI=1S/C11H11F4NO3S/c12-7-1-2-10-8(5-7)9(3-4-20(10,17)18)16-19-6-11(13,14)15/h1-2,5,9,16H,3-4,6H2. The first-order valence-electron chi connectivity index (χ1n) is 5.65. The largest absolute Gasteiger partial charge is 0.413 e. The van der Waals surface area contributed by atoms with Gasteiger partial charge in [-0.2, -0.15) is 18.7 Å². The van der Waals surface area contributed by atoms with Gasteiger partial charge in [0.05, 0.1) is 16.7 Å². The second kappa shape index (κ2) is 5.30. The van der Waals surface area contributed by atoms with E-state index in [1.807, 2.05) is 0 Å². The number of benzene rings is 1. The molecule has 1 N–H and O–H groups in total. The van der Waals surface area contributed by atoms with Crippen molar-refractivity contribution in [3.05, 3.63) is 29.6 Å². The average Bonchev–Trinajstić information content (AvgIpc) is 2.30. The summed E-state index contributed by atoms with van der Waals surface area (Å²) >= 11 is 0. The predicted molar refractivity (Wildman–Crippen MR) is 61.0 cm³/mol. The molecule has 1 aromatic carbocycles. The molecule has 0 radical (unpaired) electrons. The molecular weight excluding hydrogens is 302 g/mol. The van der Waals surface area contributed by atoms with E-state index >= 15 is 0 Å². The molecule has 0 aliphatic carbocycles. The van der Waals surface area contributed by atoms with Crippen LogP contribution in [0.15, 0.2) is 23.1 Å². The molecule has 4 nitrogen and oxygen atoms in total. The Balaban J connectivity index is 2.19. The lowest BCUT2D eigenvalue weighted by molar-refractivity contribution is -0.193. The number of fused-ring (bicyclic) bond motifs is 1. The molecule has 0 aromatic heterocycles. The molecule has 1 atom stereocenters. The van der Waals surface area contributed by atoms with Gasteiger partial charge in [-0.05, 0) is 30.2 Å². The molecule has 9 heteroatoms. The van der Waals surface area contributed by atoms with Gasteiger partial charge in [-0.15, -0.1) is 0 Å². The molecule has 0 fully saturated rings. The Morgan fingerprint density at radius 3 is 2.70 bits per heavy atom. The van der Waals surface area contributed by atoms with E-state index in [1.165, 1.54) is 0 Å². The molecule has 2 rings (SSSR count). The van der Waals surface area contributed by atoms with Gasteiger partial charge in [0.2, 0.25) is 0 Å². The quantitative estimate of drug-likeness (QED) is 0.528. The predicted octanol–water partition coefficient (Wildman–Crippen LogP) is 2.13. The van der Waals surface area contributed by atoms with E-state index in [1.54, 1.807) is 0 Å². The van der Waals surface area contributed by atoms with Crippen LogP contribution in [0.3, 0.4) is 0 Å². The van der Waals surface area contributed by atoms with Gasteiger partial charge in [-0.25, -0.2) is 12.8 Å². The van der Waals surface area contributed by atoms with E-state index in [9.17, 15) is 26.0 Å². The van der Waals surface area contributed by atoms with Gasteiger partial charge in [-0.3, -0.25) is 4.84 Å². The number of hydroxylamine groups is 1. The summed E-state index contributed by atoms with van der Waals surface area (Å²) in [5.41, 5.74) is 2.23. The van der Waals surface area contributed by atoms with Crippen LogP contribution in [0.2, 0.25) is 0 Å². The Kier molecular flexibility index (Phi) is 4.03. The van der Waals surface area contributed by atoms with Crippen molar-refractivity contribution in [2.45, 2.75) is 23.5 Å². The van der Waals surface area contributed by atoms with Crippen LogP contribution in [0.25, 0.3) is 0 Å². The minimum Gasteiger partial charge on any atom is -0.292 e. The average molecular weight is 313 g/mol. The fourth-order valence-electron chi connectivity index (χ4n) is 1.96. The second-order valence-electron chi connectivity index (χ2n) is 4.36. The Labute approximate surface area is 112 Å². The lowest BCUT2D eigenvalue weighted by Crippen LogP contribution is -2.32. The fourth-order valence-corrected chi connectivity index (χ4v) is 3.56. The van der Waals surface area contributed by atoms with Crippen molar-refractivity contribution >= 4 is 9.84 Å². The van der Waals surface area contributed by atoms with Crippen LogP contribution < -0.4 is 5.48 Å². The second-order valence-corrected chi connectivity index (χ2v) is 6.44. The van der Waals surface area contributed by atoms with Gasteiger partial charge in [0.15, 0.2) is 16.4 Å². The summed E-state index contributed by atoms with van der Waals surface area (Å²) in [4.78, 5) is 4.23. The number of hydrogen-bond acceptors (Lipinski definition) is 4. The summed E-state index contributed by atoms with van der Waals surface area (Å²) in [6.45, 7) is -1.51. The zero-order valence-corrected chi connectivity index (χ0v) is 10.9. The zero-order valence-electron chi connectivity index (χ0n) is 10.1. The summed E-state index contributed by atoms with van der Waals surface area (Å²) < 4.78 is 72.7. The normalized spacial score (nSPS) is 21.5. The van der Waals surface area contributed by atoms with Crippen molar-refractivity contribution in [1.29, 1.82) is 0 Å². The molecule has 112 valence electrons. The highest BCUT2D eigenvalue weighted by molar-refractivity contribution is 7.91. The number of alkyl halides is 3. The monoisotopic (exact) mass is 313 g/mol. The van der Waals surface area contributed by atoms with Crippen LogP contribution in [0.5, 0.6) is 0 Å². The van der Waals surface area contributed by atoms with Crippen molar-refractivity contribution in [2.75, 3.05) is 12.4 Å². The summed E-state index contributed by atoms with van der Waals surface area (Å²) in [6, 6.07) is 2.29. The Morgan fingerprint density at radius 2 is 2.05 bits per heavy atom. The SMILES string of the molecule is O=S1(=O)CCC(NOCC(F)(F)F)c2cc(F)ccc21. The number of halogens is 4. The first kappa shape index (κ1) is 15.2. The summed E-state index contributed by atoms with van der Waals surface area (Å²) in [5.74, 6) is -0.901. The lowest BCUT2D eigenvalue weighted by atomic mass is 10.0. The highest BCUT2D eigenvalue weighted by atomic mass is 32.2. The molecule has 1 aliphatic rings. The van der Waals surface area contributed by atoms with Crippen LogP contribution in [0.4, 0.5) is 17.6 Å². The van der Waals surface area contributed by atoms with Crippen LogP contribution in [0.1, 0.15) is 18.0 Å². The van der Waals surface area contributed by atoms with Crippen LogP contribution in [0, 0.1) is 5.82 Å². The van der Waals surface area contributed by atoms with Gasteiger partial charge in [0.1, 0.15) is 5.82 Å². The number of nitrogens with one attached hydrogen (secondary N) is 1. The first-order chi connectivity index (χ1) is 9.19. The zero-order chi connectivity index (χ0) is 15.0. The van der Waals surface area contributed by atoms with E-state index in [0.29, 0.717) is 0 Å². The van der Waals surface area contributed by atoms with E-state index in [-0.39, 0.29) is 22.6 Å². The van der Waals surface area contributed by atoms with Gasteiger partial charge in [0.25, 0.3) is 0 Å². The van der Waals surface area contributed by atoms with Gasteiger partial charge >= 0.3 is 6.18 Å². The summed E-state index contributed by atoms with van der Waals surface area (Å²) in [7, 11) is -3.53. The van der Waals surface area contributed by atoms with Crippen molar-refractivity contribution in [1.82, 2.24) is 5.48 Å². The van der Waals surface area contributed by atoms with Crippen LogP contribution in [-0.4, -0.2) is 27.0 Å². The summed E-state index contributed by atoms with van der Waals surface area (Å²) in [5, 5.41) is 0. The highest BCUT2D eigenvalue weighted by Gasteiger charge is 2.32. The third kappa shape index (κ3) is 3.47.